The number of benzene rings is 3. The Kier molecular flexibility index (Phi) is 8.83. The Morgan fingerprint density at radius 3 is 2.55 bits per heavy atom. The Hall–Kier alpha value is -4.08. The summed E-state index contributed by atoms with van der Waals surface area (Å²) >= 11 is 0. The van der Waals surface area contributed by atoms with Crippen molar-refractivity contribution in [2.75, 3.05) is 13.2 Å². The van der Waals surface area contributed by atoms with E-state index < -0.39 is 29.2 Å². The van der Waals surface area contributed by atoms with Crippen LogP contribution in [0.25, 0.3) is 0 Å². The largest absolute Gasteiger partial charge is 0.494 e. The lowest BCUT2D eigenvalue weighted by Crippen LogP contribution is -2.52. The Balaban J connectivity index is 1.59. The number of halogens is 2. The molecular weight excluding hydrogens is 492 g/mol. The molecular formula is C29H29F2N3O4. The molecule has 9 heteroatoms. The number of carbonyl (C=O) groups is 1. The van der Waals surface area contributed by atoms with Crippen LogP contribution >= 0.6 is 0 Å². The molecule has 0 bridgehead atoms. The summed E-state index contributed by atoms with van der Waals surface area (Å²) in [5.41, 5.74) is 5.94. The first-order valence-corrected chi connectivity index (χ1v) is 12.2. The molecule has 0 fully saturated rings. The zero-order chi connectivity index (χ0) is 27.0. The SMILES string of the molecule is C=CC[C@]1(C(=O)NNCc2ccc(F)c(F)c2)N=C(c2ccc(OCCCO)cc2)O[C@H]1c1ccccc1. The summed E-state index contributed by atoms with van der Waals surface area (Å²) in [7, 11) is 0. The number of hydrogen-bond donors (Lipinski definition) is 3. The molecule has 1 aliphatic rings. The Morgan fingerprint density at radius 1 is 1.11 bits per heavy atom. The molecule has 0 radical (unpaired) electrons. The monoisotopic (exact) mass is 521 g/mol. The zero-order valence-electron chi connectivity index (χ0n) is 20.7. The Labute approximate surface area is 219 Å². The number of amides is 1. The summed E-state index contributed by atoms with van der Waals surface area (Å²) < 4.78 is 38.7. The molecule has 0 unspecified atom stereocenters. The molecule has 3 aromatic carbocycles. The maximum absolute atomic E-state index is 13.6. The molecule has 38 heavy (non-hydrogen) atoms. The minimum Gasteiger partial charge on any atom is -0.494 e. The molecule has 7 nitrogen and oxygen atoms in total. The van der Waals surface area contributed by atoms with Crippen molar-refractivity contribution in [1.29, 1.82) is 0 Å². The summed E-state index contributed by atoms with van der Waals surface area (Å²) in [6, 6.07) is 19.9. The number of rotatable bonds is 12. The van der Waals surface area contributed by atoms with Gasteiger partial charge in [-0.2, -0.15) is 0 Å². The second-order valence-electron chi connectivity index (χ2n) is 8.75. The van der Waals surface area contributed by atoms with Gasteiger partial charge < -0.3 is 14.6 Å². The third kappa shape index (κ3) is 6.07. The number of aliphatic hydroxyl groups is 1. The lowest BCUT2D eigenvalue weighted by molar-refractivity contribution is -0.129. The quantitative estimate of drug-likeness (QED) is 0.187. The average molecular weight is 522 g/mol. The smallest absolute Gasteiger partial charge is 0.266 e. The number of nitrogens with zero attached hydrogens (tertiary/aromatic N) is 1. The van der Waals surface area contributed by atoms with Crippen LogP contribution < -0.4 is 15.6 Å². The van der Waals surface area contributed by atoms with E-state index in [1.807, 2.05) is 30.3 Å². The van der Waals surface area contributed by atoms with Crippen LogP contribution in [0.1, 0.15) is 35.6 Å². The Bertz CT molecular complexity index is 1280. The van der Waals surface area contributed by atoms with Crippen molar-refractivity contribution >= 4 is 11.8 Å². The highest BCUT2D eigenvalue weighted by molar-refractivity contribution is 6.01. The van der Waals surface area contributed by atoms with E-state index in [0.717, 1.165) is 17.7 Å². The molecule has 0 spiro atoms. The minimum absolute atomic E-state index is 0.0483. The van der Waals surface area contributed by atoms with Gasteiger partial charge in [-0.1, -0.05) is 42.5 Å². The van der Waals surface area contributed by atoms with E-state index in [4.69, 9.17) is 19.6 Å². The number of carbonyl (C=O) groups excluding carboxylic acids is 1. The van der Waals surface area contributed by atoms with Gasteiger partial charge in [-0.05, 0) is 47.5 Å². The molecule has 3 N–H and O–H groups in total. The number of aliphatic hydroxyl groups excluding tert-OH is 1. The molecule has 2 atom stereocenters. The van der Waals surface area contributed by atoms with Gasteiger partial charge in [-0.25, -0.2) is 19.2 Å². The van der Waals surface area contributed by atoms with Crippen LogP contribution in [0.15, 0.2) is 90.4 Å². The summed E-state index contributed by atoms with van der Waals surface area (Å²) in [6.07, 6.45) is 1.57. The maximum Gasteiger partial charge on any atom is 0.266 e. The van der Waals surface area contributed by atoms with Crippen LogP contribution in [0, 0.1) is 11.6 Å². The van der Waals surface area contributed by atoms with Gasteiger partial charge in [0.15, 0.2) is 23.3 Å². The van der Waals surface area contributed by atoms with Gasteiger partial charge in [0.05, 0.1) is 6.61 Å². The fraction of sp³-hybridized carbons (Fsp3) is 0.241. The predicted molar refractivity (Wildman–Crippen MR) is 139 cm³/mol. The molecule has 1 aliphatic heterocycles. The second kappa shape index (κ2) is 12.4. The molecule has 0 saturated heterocycles. The van der Waals surface area contributed by atoms with Crippen LogP contribution in [0.2, 0.25) is 0 Å². The average Bonchev–Trinajstić information content (AvgIpc) is 3.32. The molecule has 1 heterocycles. The predicted octanol–water partition coefficient (Wildman–Crippen LogP) is 4.38. The lowest BCUT2D eigenvalue weighted by Gasteiger charge is -2.29. The van der Waals surface area contributed by atoms with E-state index in [1.165, 1.54) is 6.07 Å². The van der Waals surface area contributed by atoms with Gasteiger partial charge in [-0.3, -0.25) is 10.2 Å². The Morgan fingerprint density at radius 2 is 1.87 bits per heavy atom. The summed E-state index contributed by atoms with van der Waals surface area (Å²) in [4.78, 5) is 18.4. The van der Waals surface area contributed by atoms with Crippen LogP contribution in [0.5, 0.6) is 5.75 Å². The van der Waals surface area contributed by atoms with Gasteiger partial charge in [0, 0.05) is 31.6 Å². The number of hydrogen-bond acceptors (Lipinski definition) is 6. The third-order valence-corrected chi connectivity index (χ3v) is 6.07. The number of nitrogens with one attached hydrogen (secondary N) is 2. The lowest BCUT2D eigenvalue weighted by atomic mass is 9.84. The van der Waals surface area contributed by atoms with E-state index in [1.54, 1.807) is 30.3 Å². The van der Waals surface area contributed by atoms with E-state index >= 15 is 0 Å². The van der Waals surface area contributed by atoms with Crippen molar-refractivity contribution in [1.82, 2.24) is 10.9 Å². The van der Waals surface area contributed by atoms with Crippen molar-refractivity contribution in [3.05, 3.63) is 114 Å². The summed E-state index contributed by atoms with van der Waals surface area (Å²) in [5, 5.41) is 8.94. The second-order valence-corrected chi connectivity index (χ2v) is 8.75. The third-order valence-electron chi connectivity index (χ3n) is 6.07. The van der Waals surface area contributed by atoms with Crippen molar-refractivity contribution in [2.24, 2.45) is 4.99 Å². The van der Waals surface area contributed by atoms with Crippen molar-refractivity contribution in [3.8, 4) is 5.75 Å². The van der Waals surface area contributed by atoms with E-state index in [0.29, 0.717) is 35.8 Å². The van der Waals surface area contributed by atoms with Gasteiger partial charge >= 0.3 is 0 Å². The van der Waals surface area contributed by atoms with Crippen molar-refractivity contribution < 1.29 is 28.2 Å². The standard InChI is InChI=1S/C29H29F2N3O4/c1-2-15-29(28(36)34-32-19-20-9-14-24(30)25(31)18-20)26(21-7-4-3-5-8-21)38-27(33-29)22-10-12-23(13-11-22)37-17-6-16-35/h2-5,7-14,18,26,32,35H,1,6,15-17,19H2,(H,34,36)/t26-,29-/m0/s1. The highest BCUT2D eigenvalue weighted by Crippen LogP contribution is 2.42. The first kappa shape index (κ1) is 27.0. The maximum atomic E-state index is 13.6. The van der Waals surface area contributed by atoms with Crippen molar-refractivity contribution in [2.45, 2.75) is 31.0 Å². The van der Waals surface area contributed by atoms with Gasteiger partial charge in [-0.15, -0.1) is 6.58 Å². The minimum atomic E-state index is -1.38. The van der Waals surface area contributed by atoms with E-state index in [9.17, 15) is 13.6 Å². The molecule has 0 aliphatic carbocycles. The fourth-order valence-corrected chi connectivity index (χ4v) is 4.15. The topological polar surface area (TPSA) is 92.2 Å². The van der Waals surface area contributed by atoms with Crippen LogP contribution in [-0.2, 0) is 16.1 Å². The van der Waals surface area contributed by atoms with Crippen LogP contribution in [-0.4, -0.2) is 35.7 Å². The molecule has 1 amide bonds. The highest BCUT2D eigenvalue weighted by Gasteiger charge is 2.52. The summed E-state index contributed by atoms with van der Waals surface area (Å²) in [6.45, 7) is 4.34. The molecule has 0 aromatic heterocycles. The van der Waals surface area contributed by atoms with Crippen molar-refractivity contribution in [3.63, 3.8) is 0 Å². The van der Waals surface area contributed by atoms with Gasteiger partial charge in [0.2, 0.25) is 5.90 Å². The number of ether oxygens (including phenoxy) is 2. The normalized spacial score (nSPS) is 18.4. The fourth-order valence-electron chi connectivity index (χ4n) is 4.15. The molecule has 0 saturated carbocycles. The molecule has 198 valence electrons. The van der Waals surface area contributed by atoms with Gasteiger partial charge in [0.25, 0.3) is 5.91 Å². The highest BCUT2D eigenvalue weighted by atomic mass is 19.2. The van der Waals surface area contributed by atoms with E-state index in [-0.39, 0.29) is 19.6 Å². The van der Waals surface area contributed by atoms with Crippen LogP contribution in [0.4, 0.5) is 8.78 Å². The summed E-state index contributed by atoms with van der Waals surface area (Å²) in [5.74, 6) is -1.45. The van der Waals surface area contributed by atoms with Gasteiger partial charge in [0.1, 0.15) is 5.75 Å². The first-order valence-electron chi connectivity index (χ1n) is 12.2. The first-order chi connectivity index (χ1) is 18.5. The van der Waals surface area contributed by atoms with E-state index in [2.05, 4.69) is 17.4 Å². The zero-order valence-corrected chi connectivity index (χ0v) is 20.7. The van der Waals surface area contributed by atoms with Crippen LogP contribution in [0.3, 0.4) is 0 Å². The number of hydrazine groups is 1. The molecule has 4 rings (SSSR count). The number of aliphatic imine (C=N–C) groups is 1. The molecule has 3 aromatic rings.